The van der Waals surface area contributed by atoms with E-state index in [1.807, 2.05) is 12.1 Å². The van der Waals surface area contributed by atoms with E-state index in [1.54, 1.807) is 6.92 Å². The van der Waals surface area contributed by atoms with Crippen LogP contribution < -0.4 is 4.72 Å². The molecule has 0 amide bonds. The highest BCUT2D eigenvalue weighted by atomic mass is 32.2. The average Bonchev–Trinajstić information content (AvgIpc) is 3.11. The van der Waals surface area contributed by atoms with E-state index in [1.165, 1.54) is 17.5 Å². The number of rotatable bonds is 9. The van der Waals surface area contributed by atoms with Gasteiger partial charge in [-0.25, -0.2) is 8.42 Å². The zero-order valence-corrected chi connectivity index (χ0v) is 18.3. The molecule has 1 aliphatic heterocycles. The SMILES string of the molecule is CCC1(c2cccc(NS(=O)(=O)CC)c2)C2CN(CCCc3ccccc3)CC21. The van der Waals surface area contributed by atoms with Crippen molar-refractivity contribution in [3.63, 3.8) is 0 Å². The van der Waals surface area contributed by atoms with E-state index in [0.29, 0.717) is 17.5 Å². The molecule has 2 aromatic carbocycles. The molecule has 0 radical (unpaired) electrons. The van der Waals surface area contributed by atoms with Gasteiger partial charge in [-0.2, -0.15) is 0 Å². The maximum Gasteiger partial charge on any atom is 0.232 e. The number of hydrogen-bond acceptors (Lipinski definition) is 3. The van der Waals surface area contributed by atoms with E-state index in [4.69, 9.17) is 0 Å². The molecule has 2 unspecified atom stereocenters. The maximum absolute atomic E-state index is 11.9. The fourth-order valence-electron chi connectivity index (χ4n) is 5.43. The van der Waals surface area contributed by atoms with Crippen molar-refractivity contribution in [2.75, 3.05) is 30.1 Å². The lowest BCUT2D eigenvalue weighted by Crippen LogP contribution is -2.31. The largest absolute Gasteiger partial charge is 0.303 e. The number of likely N-dealkylation sites (tertiary alicyclic amines) is 1. The van der Waals surface area contributed by atoms with Crippen LogP contribution in [0.3, 0.4) is 0 Å². The van der Waals surface area contributed by atoms with E-state index in [0.717, 1.165) is 32.5 Å². The van der Waals surface area contributed by atoms with Crippen LogP contribution in [0.5, 0.6) is 0 Å². The molecule has 4 nitrogen and oxygen atoms in total. The van der Waals surface area contributed by atoms with Crippen molar-refractivity contribution in [3.8, 4) is 0 Å². The molecule has 156 valence electrons. The van der Waals surface area contributed by atoms with Crippen LogP contribution in [0.1, 0.15) is 37.8 Å². The molecule has 1 heterocycles. The first kappa shape index (κ1) is 20.4. The molecular formula is C24H32N2O2S. The quantitative estimate of drug-likeness (QED) is 0.668. The highest BCUT2D eigenvalue weighted by molar-refractivity contribution is 7.92. The summed E-state index contributed by atoms with van der Waals surface area (Å²) in [6, 6.07) is 18.8. The molecule has 2 atom stereocenters. The minimum atomic E-state index is -3.24. The lowest BCUT2D eigenvalue weighted by atomic mass is 9.87. The normalized spacial score (nSPS) is 26.3. The lowest BCUT2D eigenvalue weighted by molar-refractivity contribution is 0.266. The van der Waals surface area contributed by atoms with Crippen molar-refractivity contribution in [1.82, 2.24) is 4.90 Å². The third kappa shape index (κ3) is 4.08. The van der Waals surface area contributed by atoms with E-state index in [-0.39, 0.29) is 11.2 Å². The van der Waals surface area contributed by atoms with E-state index in [9.17, 15) is 8.42 Å². The van der Waals surface area contributed by atoms with Gasteiger partial charge in [0.2, 0.25) is 10.0 Å². The van der Waals surface area contributed by atoms with Crippen molar-refractivity contribution in [2.24, 2.45) is 11.8 Å². The number of fused-ring (bicyclic) bond motifs is 1. The van der Waals surface area contributed by atoms with Crippen LogP contribution in [0.25, 0.3) is 0 Å². The van der Waals surface area contributed by atoms with Gasteiger partial charge in [0.1, 0.15) is 0 Å². The Balaban J connectivity index is 1.37. The molecule has 1 saturated carbocycles. The van der Waals surface area contributed by atoms with Crippen molar-refractivity contribution >= 4 is 15.7 Å². The summed E-state index contributed by atoms with van der Waals surface area (Å²) < 4.78 is 26.6. The van der Waals surface area contributed by atoms with Crippen molar-refractivity contribution in [2.45, 2.75) is 38.5 Å². The van der Waals surface area contributed by atoms with Crippen molar-refractivity contribution in [3.05, 3.63) is 65.7 Å². The standard InChI is InChI=1S/C24H32N2O2S/c1-3-24(20-13-8-14-21(16-20)25-29(27,28)4-2)22-17-26(18-23(22)24)15-9-12-19-10-6-5-7-11-19/h5-8,10-11,13-14,16,22-23,25H,3-4,9,12,15,17-18H2,1-2H3. The van der Waals surface area contributed by atoms with Crippen LogP contribution in [0.4, 0.5) is 5.69 Å². The van der Waals surface area contributed by atoms with Gasteiger partial charge in [-0.1, -0.05) is 49.4 Å². The van der Waals surface area contributed by atoms with Crippen molar-refractivity contribution < 1.29 is 8.42 Å². The van der Waals surface area contributed by atoms with Gasteiger partial charge in [-0.3, -0.25) is 4.72 Å². The number of benzene rings is 2. The van der Waals surface area contributed by atoms with Crippen molar-refractivity contribution in [1.29, 1.82) is 0 Å². The van der Waals surface area contributed by atoms with E-state index < -0.39 is 10.0 Å². The Morgan fingerprint density at radius 1 is 1.03 bits per heavy atom. The number of piperidine rings is 1. The average molecular weight is 413 g/mol. The van der Waals surface area contributed by atoms with Crippen LogP contribution in [-0.4, -0.2) is 38.7 Å². The highest BCUT2D eigenvalue weighted by Gasteiger charge is 2.67. The second-order valence-corrected chi connectivity index (χ2v) is 10.6. The number of nitrogens with zero attached hydrogens (tertiary/aromatic N) is 1. The molecule has 1 N–H and O–H groups in total. The zero-order chi connectivity index (χ0) is 20.5. The predicted molar refractivity (Wildman–Crippen MR) is 120 cm³/mol. The van der Waals surface area contributed by atoms with E-state index in [2.05, 4.69) is 59.0 Å². The molecule has 5 heteroatoms. The summed E-state index contributed by atoms with van der Waals surface area (Å²) in [7, 11) is -3.24. The molecule has 0 spiro atoms. The first-order valence-electron chi connectivity index (χ1n) is 10.9. The fourth-order valence-corrected chi connectivity index (χ4v) is 6.06. The fraction of sp³-hybridized carbons (Fsp3) is 0.500. The van der Waals surface area contributed by atoms with Crippen LogP contribution in [0.2, 0.25) is 0 Å². The number of nitrogens with one attached hydrogen (secondary N) is 1. The first-order valence-corrected chi connectivity index (χ1v) is 12.5. The van der Waals surface area contributed by atoms with Gasteiger partial charge in [0.15, 0.2) is 0 Å². The monoisotopic (exact) mass is 412 g/mol. The van der Waals surface area contributed by atoms with Gasteiger partial charge in [0.25, 0.3) is 0 Å². The minimum absolute atomic E-state index is 0.0966. The zero-order valence-electron chi connectivity index (χ0n) is 17.5. The Morgan fingerprint density at radius 3 is 2.41 bits per heavy atom. The predicted octanol–water partition coefficient (Wildman–Crippen LogP) is 4.29. The topological polar surface area (TPSA) is 49.4 Å². The van der Waals surface area contributed by atoms with Gasteiger partial charge in [-0.15, -0.1) is 0 Å². The molecular weight excluding hydrogens is 380 g/mol. The van der Waals surface area contributed by atoms with Crippen LogP contribution >= 0.6 is 0 Å². The smallest absolute Gasteiger partial charge is 0.232 e. The molecule has 2 fully saturated rings. The Kier molecular flexibility index (Phi) is 5.71. The van der Waals surface area contributed by atoms with Crippen LogP contribution in [0, 0.1) is 11.8 Å². The summed E-state index contributed by atoms with van der Waals surface area (Å²) in [6.45, 7) is 7.44. The highest BCUT2D eigenvalue weighted by Crippen LogP contribution is 2.65. The van der Waals surface area contributed by atoms with Gasteiger partial charge >= 0.3 is 0 Å². The first-order chi connectivity index (χ1) is 14.0. The number of hydrogen-bond donors (Lipinski definition) is 1. The Morgan fingerprint density at radius 2 is 1.76 bits per heavy atom. The van der Waals surface area contributed by atoms with Crippen LogP contribution in [0.15, 0.2) is 54.6 Å². The second kappa shape index (κ2) is 8.11. The molecule has 2 aromatic rings. The Hall–Kier alpha value is -1.85. The van der Waals surface area contributed by atoms with Gasteiger partial charge in [0.05, 0.1) is 5.75 Å². The third-order valence-electron chi connectivity index (χ3n) is 7.03. The number of anilines is 1. The summed E-state index contributed by atoms with van der Waals surface area (Å²) in [5, 5.41) is 0. The minimum Gasteiger partial charge on any atom is -0.303 e. The van der Waals surface area contributed by atoms with Gasteiger partial charge in [-0.05, 0) is 67.8 Å². The van der Waals surface area contributed by atoms with Crippen LogP contribution in [-0.2, 0) is 21.9 Å². The summed E-state index contributed by atoms with van der Waals surface area (Å²) in [5.74, 6) is 1.49. The Bertz CT molecular complexity index is 930. The Labute approximate surface area is 175 Å². The third-order valence-corrected chi connectivity index (χ3v) is 8.34. The lowest BCUT2D eigenvalue weighted by Gasteiger charge is -2.27. The molecule has 0 aromatic heterocycles. The number of aryl methyl sites for hydroxylation is 1. The van der Waals surface area contributed by atoms with Gasteiger partial charge in [0, 0.05) is 24.2 Å². The van der Waals surface area contributed by atoms with E-state index >= 15 is 0 Å². The maximum atomic E-state index is 11.9. The molecule has 4 rings (SSSR count). The number of sulfonamides is 1. The summed E-state index contributed by atoms with van der Waals surface area (Å²) in [6.07, 6.45) is 3.46. The summed E-state index contributed by atoms with van der Waals surface area (Å²) in [5.41, 5.74) is 3.65. The summed E-state index contributed by atoms with van der Waals surface area (Å²) >= 11 is 0. The molecule has 1 saturated heterocycles. The molecule has 29 heavy (non-hydrogen) atoms. The second-order valence-electron chi connectivity index (χ2n) is 8.54. The molecule has 0 bridgehead atoms. The molecule has 1 aliphatic carbocycles. The van der Waals surface area contributed by atoms with Gasteiger partial charge < -0.3 is 4.90 Å². The summed E-state index contributed by atoms with van der Waals surface area (Å²) in [4.78, 5) is 2.62. The molecule has 2 aliphatic rings.